The lowest BCUT2D eigenvalue weighted by atomic mass is 10.4. The SMILES string of the molecule is Cn1cc(OCCN2CCCC2)cn1. The Morgan fingerprint density at radius 3 is 2.86 bits per heavy atom. The number of aryl methyl sites for hydroxylation is 1. The highest BCUT2D eigenvalue weighted by Crippen LogP contribution is 2.09. The molecule has 0 N–H and O–H groups in total. The molecule has 14 heavy (non-hydrogen) atoms. The van der Waals surface area contributed by atoms with Crippen molar-refractivity contribution < 1.29 is 4.74 Å². The van der Waals surface area contributed by atoms with Crippen LogP contribution in [0.15, 0.2) is 12.4 Å². The van der Waals surface area contributed by atoms with Gasteiger partial charge in [-0.05, 0) is 25.9 Å². The van der Waals surface area contributed by atoms with Crippen LogP contribution in [0.1, 0.15) is 12.8 Å². The average Bonchev–Trinajstić information content (AvgIpc) is 2.77. The molecule has 0 aromatic carbocycles. The monoisotopic (exact) mass is 195 g/mol. The average molecular weight is 195 g/mol. The third-order valence-electron chi connectivity index (χ3n) is 2.56. The van der Waals surface area contributed by atoms with E-state index in [4.69, 9.17) is 4.74 Å². The van der Waals surface area contributed by atoms with Crippen LogP contribution in [0, 0.1) is 0 Å². The van der Waals surface area contributed by atoms with Crippen LogP contribution in [-0.4, -0.2) is 40.9 Å². The van der Waals surface area contributed by atoms with Gasteiger partial charge in [0, 0.05) is 13.6 Å². The third-order valence-corrected chi connectivity index (χ3v) is 2.56. The highest BCUT2D eigenvalue weighted by molar-refractivity contribution is 5.11. The van der Waals surface area contributed by atoms with Crippen LogP contribution in [0.25, 0.3) is 0 Å². The Hall–Kier alpha value is -1.03. The first kappa shape index (κ1) is 9.52. The number of rotatable bonds is 4. The molecular formula is C10H17N3O. The lowest BCUT2D eigenvalue weighted by Gasteiger charge is -2.13. The van der Waals surface area contributed by atoms with Crippen molar-refractivity contribution in [2.24, 2.45) is 7.05 Å². The van der Waals surface area contributed by atoms with Crippen molar-refractivity contribution in [2.75, 3.05) is 26.2 Å². The van der Waals surface area contributed by atoms with E-state index in [0.29, 0.717) is 0 Å². The molecule has 0 aliphatic carbocycles. The molecule has 1 aromatic heterocycles. The predicted octanol–water partition coefficient (Wildman–Crippen LogP) is 0.895. The third kappa shape index (κ3) is 2.48. The van der Waals surface area contributed by atoms with E-state index in [1.54, 1.807) is 10.9 Å². The Labute approximate surface area is 84.5 Å². The number of hydrogen-bond acceptors (Lipinski definition) is 3. The van der Waals surface area contributed by atoms with Gasteiger partial charge in [0.15, 0.2) is 5.75 Å². The molecule has 0 atom stereocenters. The zero-order chi connectivity index (χ0) is 9.80. The minimum Gasteiger partial charge on any atom is -0.489 e. The Balaban J connectivity index is 1.67. The topological polar surface area (TPSA) is 30.3 Å². The Morgan fingerprint density at radius 1 is 1.43 bits per heavy atom. The molecule has 0 radical (unpaired) electrons. The van der Waals surface area contributed by atoms with Gasteiger partial charge in [0.2, 0.25) is 0 Å². The molecule has 1 aliphatic rings. The van der Waals surface area contributed by atoms with Crippen molar-refractivity contribution in [1.29, 1.82) is 0 Å². The van der Waals surface area contributed by atoms with Gasteiger partial charge in [-0.2, -0.15) is 5.10 Å². The molecule has 1 aromatic rings. The highest BCUT2D eigenvalue weighted by atomic mass is 16.5. The maximum absolute atomic E-state index is 5.56. The molecule has 1 saturated heterocycles. The summed E-state index contributed by atoms with van der Waals surface area (Å²) in [6.07, 6.45) is 6.33. The van der Waals surface area contributed by atoms with Gasteiger partial charge in [-0.25, -0.2) is 0 Å². The lowest BCUT2D eigenvalue weighted by Crippen LogP contribution is -2.24. The molecule has 4 heteroatoms. The van der Waals surface area contributed by atoms with Gasteiger partial charge >= 0.3 is 0 Å². The summed E-state index contributed by atoms with van der Waals surface area (Å²) < 4.78 is 7.32. The molecule has 0 amide bonds. The van der Waals surface area contributed by atoms with Crippen molar-refractivity contribution >= 4 is 0 Å². The molecule has 4 nitrogen and oxygen atoms in total. The largest absolute Gasteiger partial charge is 0.489 e. The molecule has 0 bridgehead atoms. The van der Waals surface area contributed by atoms with E-state index < -0.39 is 0 Å². The second-order valence-electron chi connectivity index (χ2n) is 3.75. The van der Waals surface area contributed by atoms with Crippen LogP contribution in [0.3, 0.4) is 0 Å². The maximum atomic E-state index is 5.56. The van der Waals surface area contributed by atoms with Gasteiger partial charge in [-0.3, -0.25) is 9.58 Å². The van der Waals surface area contributed by atoms with E-state index in [2.05, 4.69) is 10.00 Å². The van der Waals surface area contributed by atoms with Crippen LogP contribution >= 0.6 is 0 Å². The molecular weight excluding hydrogens is 178 g/mol. The lowest BCUT2D eigenvalue weighted by molar-refractivity contribution is 0.237. The minimum absolute atomic E-state index is 0.770. The first-order valence-electron chi connectivity index (χ1n) is 5.18. The zero-order valence-electron chi connectivity index (χ0n) is 8.65. The summed E-state index contributed by atoms with van der Waals surface area (Å²) in [4.78, 5) is 2.44. The summed E-state index contributed by atoms with van der Waals surface area (Å²) >= 11 is 0. The van der Waals surface area contributed by atoms with Gasteiger partial charge in [0.25, 0.3) is 0 Å². The molecule has 2 heterocycles. The summed E-state index contributed by atoms with van der Waals surface area (Å²) in [6, 6.07) is 0. The first-order chi connectivity index (χ1) is 6.84. The number of hydrogen-bond donors (Lipinski definition) is 0. The number of likely N-dealkylation sites (tertiary alicyclic amines) is 1. The number of ether oxygens (including phenoxy) is 1. The maximum Gasteiger partial charge on any atom is 0.157 e. The predicted molar refractivity (Wildman–Crippen MR) is 54.4 cm³/mol. The van der Waals surface area contributed by atoms with Gasteiger partial charge in [-0.1, -0.05) is 0 Å². The summed E-state index contributed by atoms with van der Waals surface area (Å²) in [5.41, 5.74) is 0. The van der Waals surface area contributed by atoms with Crippen molar-refractivity contribution in [3.05, 3.63) is 12.4 Å². The molecule has 0 saturated carbocycles. The number of nitrogens with zero attached hydrogens (tertiary/aromatic N) is 3. The van der Waals surface area contributed by atoms with Crippen molar-refractivity contribution in [1.82, 2.24) is 14.7 Å². The van der Waals surface area contributed by atoms with Crippen LogP contribution in [0.4, 0.5) is 0 Å². The second-order valence-corrected chi connectivity index (χ2v) is 3.75. The summed E-state index contributed by atoms with van der Waals surface area (Å²) in [5.74, 6) is 0.867. The Bertz CT molecular complexity index is 279. The summed E-state index contributed by atoms with van der Waals surface area (Å²) in [5, 5.41) is 4.05. The Morgan fingerprint density at radius 2 is 2.21 bits per heavy atom. The second kappa shape index (κ2) is 4.46. The van der Waals surface area contributed by atoms with E-state index in [9.17, 15) is 0 Å². The summed E-state index contributed by atoms with van der Waals surface area (Å²) in [7, 11) is 1.90. The van der Waals surface area contributed by atoms with E-state index in [0.717, 1.165) is 18.9 Å². The highest BCUT2D eigenvalue weighted by Gasteiger charge is 2.10. The molecule has 0 spiro atoms. The fraction of sp³-hybridized carbons (Fsp3) is 0.700. The van der Waals surface area contributed by atoms with Gasteiger partial charge in [0.1, 0.15) is 6.61 Å². The van der Waals surface area contributed by atoms with E-state index in [1.165, 1.54) is 25.9 Å². The van der Waals surface area contributed by atoms with Gasteiger partial charge < -0.3 is 4.74 Å². The molecule has 1 aliphatic heterocycles. The minimum atomic E-state index is 0.770. The molecule has 1 fully saturated rings. The number of aromatic nitrogens is 2. The standard InChI is InChI=1S/C10H17N3O/c1-12-9-10(8-11-12)14-7-6-13-4-2-3-5-13/h8-9H,2-7H2,1H3. The molecule has 0 unspecified atom stereocenters. The normalized spacial score (nSPS) is 17.5. The fourth-order valence-corrected chi connectivity index (χ4v) is 1.77. The van der Waals surface area contributed by atoms with Crippen LogP contribution < -0.4 is 4.74 Å². The van der Waals surface area contributed by atoms with E-state index in [1.807, 2.05) is 13.2 Å². The fourth-order valence-electron chi connectivity index (χ4n) is 1.77. The Kier molecular flexibility index (Phi) is 3.03. The smallest absolute Gasteiger partial charge is 0.157 e. The van der Waals surface area contributed by atoms with Crippen molar-refractivity contribution in [3.63, 3.8) is 0 Å². The molecule has 78 valence electrons. The van der Waals surface area contributed by atoms with Crippen molar-refractivity contribution in [2.45, 2.75) is 12.8 Å². The van der Waals surface area contributed by atoms with Crippen LogP contribution in [-0.2, 0) is 7.05 Å². The zero-order valence-corrected chi connectivity index (χ0v) is 8.65. The van der Waals surface area contributed by atoms with Crippen LogP contribution in [0.2, 0.25) is 0 Å². The first-order valence-corrected chi connectivity index (χ1v) is 5.18. The quantitative estimate of drug-likeness (QED) is 0.715. The summed E-state index contributed by atoms with van der Waals surface area (Å²) in [6.45, 7) is 4.27. The van der Waals surface area contributed by atoms with E-state index in [-0.39, 0.29) is 0 Å². The molecule has 2 rings (SSSR count). The van der Waals surface area contributed by atoms with Crippen molar-refractivity contribution in [3.8, 4) is 5.75 Å². The van der Waals surface area contributed by atoms with Gasteiger partial charge in [-0.15, -0.1) is 0 Å². The van der Waals surface area contributed by atoms with E-state index >= 15 is 0 Å². The van der Waals surface area contributed by atoms with Gasteiger partial charge in [0.05, 0.1) is 12.4 Å². The van der Waals surface area contributed by atoms with Crippen LogP contribution in [0.5, 0.6) is 5.75 Å².